The Labute approximate surface area is 223 Å². The monoisotopic (exact) mass is 531 g/mol. The highest BCUT2D eigenvalue weighted by Crippen LogP contribution is 2.34. The van der Waals surface area contributed by atoms with Gasteiger partial charge in [-0.2, -0.15) is 0 Å². The molecule has 2 aromatic carbocycles. The Balaban J connectivity index is 0.00000380. The normalized spacial score (nSPS) is 22.9. The Morgan fingerprint density at radius 3 is 2.38 bits per heavy atom. The number of ketones is 1. The summed E-state index contributed by atoms with van der Waals surface area (Å²) in [5.41, 5.74) is 8.73. The van der Waals surface area contributed by atoms with E-state index in [1.54, 1.807) is 24.3 Å². The Morgan fingerprint density at radius 2 is 1.76 bits per heavy atom. The van der Waals surface area contributed by atoms with E-state index in [0.29, 0.717) is 31.8 Å². The van der Waals surface area contributed by atoms with Crippen molar-refractivity contribution in [1.82, 2.24) is 9.80 Å². The number of esters is 1. The Hall–Kier alpha value is -2.81. The molecule has 4 rings (SSSR count). The fourth-order valence-corrected chi connectivity index (χ4v) is 5.00. The molecule has 200 valence electrons. The van der Waals surface area contributed by atoms with Gasteiger partial charge in [0, 0.05) is 25.6 Å². The number of nitrogens with two attached hydrogens (primary N) is 1. The molecular formula is C28H35ClFN3O4. The molecule has 37 heavy (non-hydrogen) atoms. The largest absolute Gasteiger partial charge is 0.426 e. The van der Waals surface area contributed by atoms with Crippen molar-refractivity contribution < 1.29 is 23.5 Å². The van der Waals surface area contributed by atoms with Crippen molar-refractivity contribution in [1.29, 1.82) is 0 Å². The van der Waals surface area contributed by atoms with Gasteiger partial charge in [0.05, 0.1) is 18.5 Å². The molecule has 0 saturated carbocycles. The van der Waals surface area contributed by atoms with Gasteiger partial charge in [0.15, 0.2) is 0 Å². The van der Waals surface area contributed by atoms with Gasteiger partial charge in [-0.25, -0.2) is 4.39 Å². The highest BCUT2D eigenvalue weighted by atomic mass is 35.5. The number of amides is 1. The first-order valence-corrected chi connectivity index (χ1v) is 12.5. The maximum Gasteiger partial charge on any atom is 0.313 e. The third-order valence-electron chi connectivity index (χ3n) is 7.23. The lowest BCUT2D eigenvalue weighted by Gasteiger charge is -2.37. The molecule has 2 heterocycles. The summed E-state index contributed by atoms with van der Waals surface area (Å²) in [6, 6.07) is 13.9. The smallest absolute Gasteiger partial charge is 0.313 e. The van der Waals surface area contributed by atoms with E-state index in [9.17, 15) is 14.4 Å². The third kappa shape index (κ3) is 7.15. The molecule has 2 fully saturated rings. The van der Waals surface area contributed by atoms with Crippen LogP contribution in [0.15, 0.2) is 48.5 Å². The van der Waals surface area contributed by atoms with Gasteiger partial charge >= 0.3 is 5.97 Å². The summed E-state index contributed by atoms with van der Waals surface area (Å²) in [6.07, 6.45) is 0.0368. The number of rotatable bonds is 8. The van der Waals surface area contributed by atoms with E-state index in [4.69, 9.17) is 10.5 Å². The number of carbonyl (C=O) groups is 3. The molecule has 0 aliphatic carbocycles. The van der Waals surface area contributed by atoms with Crippen LogP contribution in [-0.4, -0.2) is 65.3 Å². The standard InChI is InChI=1S/C28H34FN3O4.ClH/c1-18-3-5-20(6-4-18)16-32-14-12-26(28(32)35)31-13-11-23(24(29)17-31)21-7-9-22(10-8-21)36-27(34)15-25(30)19(2)33;/h3-10,23-26H,11-17,30H2,1-2H3;1H/t23-,24+,25-,26+;/m0./s1. The van der Waals surface area contributed by atoms with Crippen LogP contribution in [0.4, 0.5) is 4.39 Å². The highest BCUT2D eigenvalue weighted by molar-refractivity contribution is 5.86. The van der Waals surface area contributed by atoms with Gasteiger partial charge in [0.25, 0.3) is 0 Å². The summed E-state index contributed by atoms with van der Waals surface area (Å²) < 4.78 is 20.5. The number of carbonyl (C=O) groups excluding carboxylic acids is 3. The van der Waals surface area contributed by atoms with E-state index in [0.717, 1.165) is 17.5 Å². The van der Waals surface area contributed by atoms with Crippen LogP contribution in [0.3, 0.4) is 0 Å². The maximum absolute atomic E-state index is 15.3. The summed E-state index contributed by atoms with van der Waals surface area (Å²) in [5.74, 6) is -0.729. The number of halogens is 2. The van der Waals surface area contributed by atoms with Gasteiger partial charge in [0.1, 0.15) is 17.7 Å². The number of aryl methyl sites for hydroxylation is 1. The Morgan fingerprint density at radius 1 is 1.08 bits per heavy atom. The molecule has 2 aliphatic heterocycles. The first kappa shape index (κ1) is 28.8. The average Bonchev–Trinajstić information content (AvgIpc) is 3.20. The Bertz CT molecular complexity index is 1100. The number of likely N-dealkylation sites (tertiary alicyclic amines) is 2. The van der Waals surface area contributed by atoms with Crippen LogP contribution in [0.25, 0.3) is 0 Å². The molecule has 0 spiro atoms. The van der Waals surface area contributed by atoms with E-state index in [1.807, 2.05) is 41.0 Å². The second kappa shape index (κ2) is 12.6. The number of alkyl halides is 1. The van der Waals surface area contributed by atoms with Crippen LogP contribution in [-0.2, 0) is 20.9 Å². The van der Waals surface area contributed by atoms with Gasteiger partial charge < -0.3 is 15.4 Å². The van der Waals surface area contributed by atoms with E-state index < -0.39 is 18.2 Å². The fraction of sp³-hybridized carbons (Fsp3) is 0.464. The zero-order valence-electron chi connectivity index (χ0n) is 21.3. The molecule has 0 bridgehead atoms. The molecule has 2 N–H and O–H groups in total. The van der Waals surface area contributed by atoms with Gasteiger partial charge in [-0.1, -0.05) is 42.0 Å². The minimum Gasteiger partial charge on any atom is -0.426 e. The van der Waals surface area contributed by atoms with Gasteiger partial charge in [0.2, 0.25) is 5.91 Å². The summed E-state index contributed by atoms with van der Waals surface area (Å²) in [5, 5.41) is 0. The minimum absolute atomic E-state index is 0. The van der Waals surface area contributed by atoms with Crippen LogP contribution in [0, 0.1) is 6.92 Å². The van der Waals surface area contributed by atoms with Gasteiger partial charge in [-0.05, 0) is 56.5 Å². The first-order chi connectivity index (χ1) is 17.2. The molecule has 0 aromatic heterocycles. The molecular weight excluding hydrogens is 497 g/mol. The summed E-state index contributed by atoms with van der Waals surface area (Å²) in [7, 11) is 0. The number of hydrogen-bond acceptors (Lipinski definition) is 6. The van der Waals surface area contributed by atoms with E-state index in [-0.39, 0.29) is 49.0 Å². The SMILES string of the molecule is CC(=O)[C@@H](N)CC(=O)Oc1ccc([C@@H]2CCN([C@@H]3CCN(Cc4ccc(C)cc4)C3=O)C[C@H]2F)cc1.Cl. The summed E-state index contributed by atoms with van der Waals surface area (Å²) in [6.45, 7) is 5.51. The van der Waals surface area contributed by atoms with E-state index in [2.05, 4.69) is 0 Å². The first-order valence-electron chi connectivity index (χ1n) is 12.5. The van der Waals surface area contributed by atoms with Gasteiger partial charge in [-0.15, -0.1) is 12.4 Å². The second-order valence-electron chi connectivity index (χ2n) is 9.92. The number of nitrogens with zero attached hydrogens (tertiary/aromatic N) is 2. The lowest BCUT2D eigenvalue weighted by Crippen LogP contribution is -2.49. The summed E-state index contributed by atoms with van der Waals surface area (Å²) >= 11 is 0. The van der Waals surface area contributed by atoms with Gasteiger partial charge in [-0.3, -0.25) is 19.3 Å². The zero-order chi connectivity index (χ0) is 25.8. The molecule has 7 nitrogen and oxygen atoms in total. The van der Waals surface area contributed by atoms with Crippen molar-refractivity contribution in [3.8, 4) is 5.75 Å². The average molecular weight is 532 g/mol. The number of benzene rings is 2. The van der Waals surface area contributed by atoms with Crippen molar-refractivity contribution in [3.05, 3.63) is 65.2 Å². The number of ether oxygens (including phenoxy) is 1. The summed E-state index contributed by atoms with van der Waals surface area (Å²) in [4.78, 5) is 40.1. The number of piperidine rings is 1. The molecule has 0 radical (unpaired) electrons. The Kier molecular flexibility index (Phi) is 9.81. The molecule has 4 atom stereocenters. The van der Waals surface area contributed by atoms with Crippen LogP contribution in [0.1, 0.15) is 48.8 Å². The minimum atomic E-state index is -1.10. The highest BCUT2D eigenvalue weighted by Gasteiger charge is 2.40. The van der Waals surface area contributed by atoms with E-state index in [1.165, 1.54) is 12.5 Å². The van der Waals surface area contributed by atoms with Crippen molar-refractivity contribution in [2.24, 2.45) is 5.73 Å². The van der Waals surface area contributed by atoms with Crippen molar-refractivity contribution in [2.75, 3.05) is 19.6 Å². The van der Waals surface area contributed by atoms with Crippen molar-refractivity contribution in [2.45, 2.75) is 63.8 Å². The molecule has 1 amide bonds. The zero-order valence-corrected chi connectivity index (χ0v) is 22.1. The molecule has 9 heteroatoms. The second-order valence-corrected chi connectivity index (χ2v) is 9.92. The number of hydrogen-bond donors (Lipinski definition) is 1. The van der Waals surface area contributed by atoms with E-state index >= 15 is 4.39 Å². The fourth-order valence-electron chi connectivity index (χ4n) is 5.00. The van der Waals surface area contributed by atoms with Crippen LogP contribution >= 0.6 is 12.4 Å². The van der Waals surface area contributed by atoms with Crippen LogP contribution in [0.5, 0.6) is 5.75 Å². The lowest BCUT2D eigenvalue weighted by atomic mass is 9.87. The molecule has 2 aliphatic rings. The molecule has 0 unspecified atom stereocenters. The van der Waals surface area contributed by atoms with Crippen molar-refractivity contribution >= 4 is 30.1 Å². The lowest BCUT2D eigenvalue weighted by molar-refractivity contribution is -0.136. The number of Topliss-reactive ketones (excluding diaryl/α,β-unsaturated/α-hetero) is 1. The van der Waals surface area contributed by atoms with Crippen LogP contribution < -0.4 is 10.5 Å². The molecule has 2 aromatic rings. The van der Waals surface area contributed by atoms with Crippen LogP contribution in [0.2, 0.25) is 0 Å². The quantitative estimate of drug-likeness (QED) is 0.413. The third-order valence-corrected chi connectivity index (χ3v) is 7.23. The topological polar surface area (TPSA) is 92.9 Å². The van der Waals surface area contributed by atoms with Crippen molar-refractivity contribution in [3.63, 3.8) is 0 Å². The maximum atomic E-state index is 15.3. The predicted molar refractivity (Wildman–Crippen MR) is 141 cm³/mol. The predicted octanol–water partition coefficient (Wildman–Crippen LogP) is 3.56. The molecule has 2 saturated heterocycles.